The number of nitrogens with zero attached hydrogens (tertiary/aromatic N) is 4. The summed E-state index contributed by atoms with van der Waals surface area (Å²) in [5, 5.41) is 6.72. The first kappa shape index (κ1) is 35.2. The van der Waals surface area contributed by atoms with Crippen LogP contribution in [0, 0.1) is 0 Å². The van der Waals surface area contributed by atoms with Crippen LogP contribution in [-0.2, 0) is 0 Å². The first-order valence-corrected chi connectivity index (χ1v) is 21.3. The molecule has 0 amide bonds. The normalized spacial score (nSPS) is 11.8. The number of fused-ring (bicyclic) bond motifs is 9. The molecule has 0 radical (unpaired) electrons. The molecule has 0 aliphatic heterocycles. The minimum absolute atomic E-state index is 0.689. The van der Waals surface area contributed by atoms with Crippen LogP contribution in [0.25, 0.3) is 122 Å². The maximum absolute atomic E-state index is 6.61. The van der Waals surface area contributed by atoms with Gasteiger partial charge in [-0.15, -0.1) is 0 Å². The molecule has 0 aliphatic rings. The first-order chi connectivity index (χ1) is 31.2. The summed E-state index contributed by atoms with van der Waals surface area (Å²) < 4.78 is 11.3. The molecule has 4 heterocycles. The van der Waals surface area contributed by atoms with Gasteiger partial charge in [-0.2, -0.15) is 0 Å². The monoisotopic (exact) mass is 804 g/mol. The smallest absolute Gasteiger partial charge is 0.162 e. The predicted octanol–water partition coefficient (Wildman–Crippen LogP) is 15.2. The largest absolute Gasteiger partial charge is 0.456 e. The van der Waals surface area contributed by atoms with Gasteiger partial charge in [0.25, 0.3) is 0 Å². The highest BCUT2D eigenvalue weighted by Gasteiger charge is 2.23. The van der Waals surface area contributed by atoms with Crippen LogP contribution in [0.5, 0.6) is 0 Å². The van der Waals surface area contributed by atoms with Gasteiger partial charge in [-0.25, -0.2) is 9.97 Å². The number of furan rings is 1. The van der Waals surface area contributed by atoms with Crippen molar-refractivity contribution < 1.29 is 4.42 Å². The third-order valence-corrected chi connectivity index (χ3v) is 12.5. The Labute approximate surface area is 362 Å². The lowest BCUT2D eigenvalue weighted by Gasteiger charge is -2.10. The van der Waals surface area contributed by atoms with Gasteiger partial charge in [0.05, 0.1) is 27.6 Å². The fourth-order valence-electron chi connectivity index (χ4n) is 9.69. The second kappa shape index (κ2) is 14.0. The molecule has 13 aromatic rings. The van der Waals surface area contributed by atoms with Gasteiger partial charge in [0, 0.05) is 49.4 Å². The highest BCUT2D eigenvalue weighted by atomic mass is 16.3. The standard InChI is InChI=1S/C58H36N4O/c1-5-16-37(17-6-1)56-55-47-36-41(29-32-51(47)62(43-22-11-4-12-23-43)58(55)60-57(59-56)38-18-7-2-8-19-38)44-25-15-27-53-54(44)48-35-40(30-33-52(48)63-53)39-28-31-50-46(34-39)45-24-13-14-26-49(45)61(50)42-20-9-3-10-21-42/h1-36H. The van der Waals surface area contributed by atoms with Crippen LogP contribution in [0.3, 0.4) is 0 Å². The van der Waals surface area contributed by atoms with E-state index >= 15 is 0 Å². The fraction of sp³-hybridized carbons (Fsp3) is 0. The van der Waals surface area contributed by atoms with E-state index in [2.05, 4.69) is 209 Å². The molecule has 0 aliphatic carbocycles. The van der Waals surface area contributed by atoms with E-state index in [1.165, 1.54) is 21.8 Å². The number of hydrogen-bond donors (Lipinski definition) is 0. The summed E-state index contributed by atoms with van der Waals surface area (Å²) in [6.07, 6.45) is 0. The van der Waals surface area contributed by atoms with Crippen molar-refractivity contribution in [1.29, 1.82) is 0 Å². The van der Waals surface area contributed by atoms with Gasteiger partial charge in [-0.3, -0.25) is 4.57 Å². The van der Waals surface area contributed by atoms with Crippen LogP contribution in [0.4, 0.5) is 0 Å². The van der Waals surface area contributed by atoms with Gasteiger partial charge in [0.1, 0.15) is 16.8 Å². The molecule has 63 heavy (non-hydrogen) atoms. The van der Waals surface area contributed by atoms with E-state index in [-0.39, 0.29) is 0 Å². The predicted molar refractivity (Wildman–Crippen MR) is 260 cm³/mol. The summed E-state index contributed by atoms with van der Waals surface area (Å²) in [7, 11) is 0. The summed E-state index contributed by atoms with van der Waals surface area (Å²) >= 11 is 0. The molecule has 0 fully saturated rings. The summed E-state index contributed by atoms with van der Waals surface area (Å²) in [4.78, 5) is 10.7. The number of benzene rings is 9. The average Bonchev–Trinajstić information content (AvgIpc) is 4.02. The van der Waals surface area contributed by atoms with Crippen LogP contribution < -0.4 is 0 Å². The third kappa shape index (κ3) is 5.57. The van der Waals surface area contributed by atoms with Crippen molar-refractivity contribution >= 4 is 65.7 Å². The zero-order valence-electron chi connectivity index (χ0n) is 34.0. The molecule has 13 rings (SSSR count). The third-order valence-electron chi connectivity index (χ3n) is 12.5. The molecular formula is C58H36N4O. The molecule has 0 N–H and O–H groups in total. The maximum Gasteiger partial charge on any atom is 0.162 e. The number of para-hydroxylation sites is 3. The lowest BCUT2D eigenvalue weighted by atomic mass is 9.95. The zero-order chi connectivity index (χ0) is 41.4. The van der Waals surface area contributed by atoms with Crippen molar-refractivity contribution in [3.05, 3.63) is 218 Å². The van der Waals surface area contributed by atoms with E-state index in [0.29, 0.717) is 5.82 Å². The molecular weight excluding hydrogens is 769 g/mol. The second-order valence-corrected chi connectivity index (χ2v) is 16.1. The molecule has 0 saturated heterocycles. The maximum atomic E-state index is 6.61. The summed E-state index contributed by atoms with van der Waals surface area (Å²) in [5.41, 5.74) is 15.6. The van der Waals surface area contributed by atoms with E-state index in [0.717, 1.165) is 94.3 Å². The van der Waals surface area contributed by atoms with Crippen molar-refractivity contribution in [2.75, 3.05) is 0 Å². The Kier molecular flexibility index (Phi) is 7.84. The average molecular weight is 805 g/mol. The van der Waals surface area contributed by atoms with Crippen molar-refractivity contribution in [3.8, 4) is 56.3 Å². The SMILES string of the molecule is c1ccc(-c2nc(-c3ccccc3)c3c4cc(-c5cccc6oc7ccc(-c8ccc9c(c8)c8ccccc8n9-c8ccccc8)cc7c56)ccc4n(-c4ccccc4)c3n2)cc1. The Balaban J connectivity index is 1.02. The molecule has 294 valence electrons. The topological polar surface area (TPSA) is 48.8 Å². The Morgan fingerprint density at radius 1 is 0.333 bits per heavy atom. The van der Waals surface area contributed by atoms with Crippen molar-refractivity contribution in [2.24, 2.45) is 0 Å². The first-order valence-electron chi connectivity index (χ1n) is 21.3. The fourth-order valence-corrected chi connectivity index (χ4v) is 9.69. The number of aromatic nitrogens is 4. The summed E-state index contributed by atoms with van der Waals surface area (Å²) in [5.74, 6) is 0.689. The van der Waals surface area contributed by atoms with Crippen LogP contribution in [-0.4, -0.2) is 19.1 Å². The second-order valence-electron chi connectivity index (χ2n) is 16.1. The molecule has 4 aromatic heterocycles. The van der Waals surface area contributed by atoms with Gasteiger partial charge < -0.3 is 8.98 Å². The van der Waals surface area contributed by atoms with Gasteiger partial charge in [-0.05, 0) is 95.1 Å². The van der Waals surface area contributed by atoms with Crippen molar-refractivity contribution in [2.45, 2.75) is 0 Å². The lowest BCUT2D eigenvalue weighted by molar-refractivity contribution is 0.669. The van der Waals surface area contributed by atoms with Crippen molar-refractivity contribution in [3.63, 3.8) is 0 Å². The minimum atomic E-state index is 0.689. The highest BCUT2D eigenvalue weighted by Crippen LogP contribution is 2.44. The summed E-state index contributed by atoms with van der Waals surface area (Å²) in [6.45, 7) is 0. The quantitative estimate of drug-likeness (QED) is 0.168. The van der Waals surface area contributed by atoms with Crippen LogP contribution >= 0.6 is 0 Å². The van der Waals surface area contributed by atoms with Gasteiger partial charge >= 0.3 is 0 Å². The van der Waals surface area contributed by atoms with Crippen molar-refractivity contribution in [1.82, 2.24) is 19.1 Å². The van der Waals surface area contributed by atoms with Gasteiger partial charge in [0.15, 0.2) is 5.82 Å². The minimum Gasteiger partial charge on any atom is -0.456 e. The Morgan fingerprint density at radius 3 is 1.65 bits per heavy atom. The molecule has 0 saturated carbocycles. The molecule has 0 atom stereocenters. The zero-order valence-corrected chi connectivity index (χ0v) is 34.0. The van der Waals surface area contributed by atoms with E-state index in [1.54, 1.807) is 0 Å². The molecule has 0 spiro atoms. The van der Waals surface area contributed by atoms with Crippen LogP contribution in [0.15, 0.2) is 223 Å². The summed E-state index contributed by atoms with van der Waals surface area (Å²) in [6, 6.07) is 77.2. The van der Waals surface area contributed by atoms with Crippen LogP contribution in [0.2, 0.25) is 0 Å². The van der Waals surface area contributed by atoms with Gasteiger partial charge in [-0.1, -0.05) is 146 Å². The highest BCUT2D eigenvalue weighted by molar-refractivity contribution is 6.18. The number of hydrogen-bond acceptors (Lipinski definition) is 3. The van der Waals surface area contributed by atoms with Crippen LogP contribution in [0.1, 0.15) is 0 Å². The molecule has 5 nitrogen and oxygen atoms in total. The van der Waals surface area contributed by atoms with E-state index in [4.69, 9.17) is 14.4 Å². The Morgan fingerprint density at radius 2 is 0.905 bits per heavy atom. The van der Waals surface area contributed by atoms with E-state index in [1.807, 2.05) is 18.2 Å². The molecule has 0 bridgehead atoms. The Hall–Kier alpha value is -8.54. The van der Waals surface area contributed by atoms with E-state index in [9.17, 15) is 0 Å². The molecule has 9 aromatic carbocycles. The van der Waals surface area contributed by atoms with Gasteiger partial charge in [0.2, 0.25) is 0 Å². The number of rotatable bonds is 6. The molecule has 5 heteroatoms. The van der Waals surface area contributed by atoms with E-state index < -0.39 is 0 Å². The molecule has 0 unspecified atom stereocenters. The lowest BCUT2D eigenvalue weighted by Crippen LogP contribution is -1.99. The Bertz CT molecular complexity index is 3890.